The Labute approximate surface area is 171 Å². The van der Waals surface area contributed by atoms with E-state index in [0.717, 1.165) is 37.0 Å². The van der Waals surface area contributed by atoms with E-state index in [0.29, 0.717) is 18.5 Å². The Morgan fingerprint density at radius 2 is 2.03 bits per heavy atom. The number of hydrogen-bond donors (Lipinski definition) is 1. The lowest BCUT2D eigenvalue weighted by atomic mass is 9.97. The van der Waals surface area contributed by atoms with E-state index in [4.69, 9.17) is 16.0 Å². The van der Waals surface area contributed by atoms with Crippen molar-refractivity contribution in [2.75, 3.05) is 24.5 Å². The molecule has 9 heteroatoms. The quantitative estimate of drug-likeness (QED) is 0.499. The number of halogens is 1. The van der Waals surface area contributed by atoms with E-state index in [-0.39, 0.29) is 16.3 Å². The summed E-state index contributed by atoms with van der Waals surface area (Å²) < 4.78 is 5.82. The maximum absolute atomic E-state index is 12.4. The summed E-state index contributed by atoms with van der Waals surface area (Å²) in [6, 6.07) is 12.1. The van der Waals surface area contributed by atoms with Gasteiger partial charge in [0.05, 0.1) is 15.5 Å². The fraction of sp³-hybridized carbons (Fsp3) is 0.300. The summed E-state index contributed by atoms with van der Waals surface area (Å²) in [7, 11) is 0. The van der Waals surface area contributed by atoms with Gasteiger partial charge in [0.2, 0.25) is 0 Å². The molecule has 0 bridgehead atoms. The monoisotopic (exact) mass is 414 g/mol. The molecule has 0 aliphatic carbocycles. The van der Waals surface area contributed by atoms with Gasteiger partial charge in [0, 0.05) is 31.8 Å². The fourth-order valence-electron chi connectivity index (χ4n) is 3.46. The number of amides is 1. The van der Waals surface area contributed by atoms with Crippen LogP contribution in [-0.4, -0.2) is 35.4 Å². The van der Waals surface area contributed by atoms with Crippen LogP contribution in [0, 0.1) is 16.0 Å². The number of nitrogens with one attached hydrogen (secondary N) is 1. The maximum Gasteiger partial charge on any atom is 0.298 e. The number of carbonyl (C=O) groups is 1. The highest BCUT2D eigenvalue weighted by Crippen LogP contribution is 2.26. The van der Waals surface area contributed by atoms with Gasteiger partial charge in [0.25, 0.3) is 17.6 Å². The molecule has 2 aromatic carbocycles. The number of nitro groups is 1. The number of aromatic nitrogens is 1. The van der Waals surface area contributed by atoms with Crippen LogP contribution >= 0.6 is 11.6 Å². The molecule has 0 radical (unpaired) electrons. The van der Waals surface area contributed by atoms with Gasteiger partial charge in [-0.15, -0.1) is 0 Å². The number of carbonyl (C=O) groups excluding carboxylic acids is 1. The van der Waals surface area contributed by atoms with E-state index in [9.17, 15) is 14.9 Å². The molecule has 1 aliphatic rings. The molecule has 0 spiro atoms. The predicted octanol–water partition coefficient (Wildman–Crippen LogP) is 4.04. The zero-order chi connectivity index (χ0) is 20.4. The summed E-state index contributed by atoms with van der Waals surface area (Å²) in [6.45, 7) is 2.05. The molecule has 4 rings (SSSR count). The van der Waals surface area contributed by atoms with Gasteiger partial charge in [-0.05, 0) is 37.0 Å². The molecule has 0 saturated carbocycles. The van der Waals surface area contributed by atoms with E-state index in [2.05, 4.69) is 15.2 Å². The van der Waals surface area contributed by atoms with Crippen LogP contribution in [0.1, 0.15) is 23.2 Å². The van der Waals surface area contributed by atoms with Crippen molar-refractivity contribution >= 4 is 40.3 Å². The van der Waals surface area contributed by atoms with Crippen LogP contribution in [0.25, 0.3) is 11.1 Å². The summed E-state index contributed by atoms with van der Waals surface area (Å²) in [5.74, 6) is -0.0999. The average molecular weight is 415 g/mol. The van der Waals surface area contributed by atoms with Gasteiger partial charge < -0.3 is 14.6 Å². The minimum atomic E-state index is -0.547. The number of fused-ring (bicyclic) bond motifs is 1. The number of benzene rings is 2. The standard InChI is InChI=1S/C20H19ClN4O4/c21-16-6-5-14(25(27)28)11-15(16)19(26)22-12-13-7-9-24(10-8-13)20-23-17-3-1-2-4-18(17)29-20/h1-6,11,13H,7-10,12H2,(H,22,26). The zero-order valence-electron chi connectivity index (χ0n) is 15.5. The first-order valence-corrected chi connectivity index (χ1v) is 9.72. The summed E-state index contributed by atoms with van der Waals surface area (Å²) in [6.07, 6.45) is 1.75. The first-order valence-electron chi connectivity index (χ1n) is 9.34. The predicted molar refractivity (Wildman–Crippen MR) is 109 cm³/mol. The highest BCUT2D eigenvalue weighted by atomic mass is 35.5. The highest BCUT2D eigenvalue weighted by molar-refractivity contribution is 6.33. The second kappa shape index (κ2) is 8.08. The number of nitrogens with zero attached hydrogens (tertiary/aromatic N) is 3. The van der Waals surface area contributed by atoms with Crippen LogP contribution in [0.15, 0.2) is 46.9 Å². The summed E-state index contributed by atoms with van der Waals surface area (Å²) in [5.41, 5.74) is 1.56. The number of rotatable bonds is 5. The van der Waals surface area contributed by atoms with Crippen molar-refractivity contribution in [1.82, 2.24) is 10.3 Å². The average Bonchev–Trinajstić information content (AvgIpc) is 3.17. The molecule has 1 saturated heterocycles. The molecule has 150 valence electrons. The molecule has 8 nitrogen and oxygen atoms in total. The van der Waals surface area contributed by atoms with Crippen LogP contribution in [0.5, 0.6) is 0 Å². The molecular formula is C20H19ClN4O4. The molecule has 3 aromatic rings. The van der Waals surface area contributed by atoms with Gasteiger partial charge in [0.1, 0.15) is 5.52 Å². The van der Waals surface area contributed by atoms with Gasteiger partial charge in [0.15, 0.2) is 5.58 Å². The molecule has 2 heterocycles. The van der Waals surface area contributed by atoms with Crippen molar-refractivity contribution in [3.05, 3.63) is 63.2 Å². The van der Waals surface area contributed by atoms with Crippen LogP contribution in [0.3, 0.4) is 0 Å². The summed E-state index contributed by atoms with van der Waals surface area (Å²) in [4.78, 5) is 29.4. The molecule has 1 fully saturated rings. The van der Waals surface area contributed by atoms with E-state index in [1.54, 1.807) is 0 Å². The van der Waals surface area contributed by atoms with Crippen molar-refractivity contribution < 1.29 is 14.1 Å². The second-order valence-electron chi connectivity index (χ2n) is 7.03. The second-order valence-corrected chi connectivity index (χ2v) is 7.43. The Hall–Kier alpha value is -3.13. The van der Waals surface area contributed by atoms with Crippen molar-refractivity contribution in [3.63, 3.8) is 0 Å². The number of piperidine rings is 1. The van der Waals surface area contributed by atoms with Crippen LogP contribution in [-0.2, 0) is 0 Å². The van der Waals surface area contributed by atoms with E-state index < -0.39 is 10.8 Å². The van der Waals surface area contributed by atoms with Gasteiger partial charge in [-0.25, -0.2) is 0 Å². The van der Waals surface area contributed by atoms with Crippen molar-refractivity contribution in [1.29, 1.82) is 0 Å². The lowest BCUT2D eigenvalue weighted by molar-refractivity contribution is -0.384. The largest absolute Gasteiger partial charge is 0.423 e. The minimum Gasteiger partial charge on any atom is -0.423 e. The normalized spacial score (nSPS) is 14.9. The third kappa shape index (κ3) is 4.17. The number of oxazole rings is 1. The van der Waals surface area contributed by atoms with Gasteiger partial charge in [-0.1, -0.05) is 23.7 Å². The number of hydrogen-bond acceptors (Lipinski definition) is 6. The number of non-ortho nitro benzene ring substituents is 1. The van der Waals surface area contributed by atoms with E-state index in [1.807, 2.05) is 24.3 Å². The van der Waals surface area contributed by atoms with Gasteiger partial charge in [-0.3, -0.25) is 14.9 Å². The molecular weight excluding hydrogens is 396 g/mol. The van der Waals surface area contributed by atoms with Crippen LogP contribution in [0.4, 0.5) is 11.7 Å². The lowest BCUT2D eigenvalue weighted by Gasteiger charge is -2.30. The maximum atomic E-state index is 12.4. The summed E-state index contributed by atoms with van der Waals surface area (Å²) in [5, 5.41) is 14.0. The fourth-order valence-corrected chi connectivity index (χ4v) is 3.66. The number of nitro benzene ring substituents is 1. The van der Waals surface area contributed by atoms with Crippen molar-refractivity contribution in [3.8, 4) is 0 Å². The van der Waals surface area contributed by atoms with Gasteiger partial charge >= 0.3 is 0 Å². The lowest BCUT2D eigenvalue weighted by Crippen LogP contribution is -2.38. The Morgan fingerprint density at radius 3 is 2.76 bits per heavy atom. The Morgan fingerprint density at radius 1 is 1.28 bits per heavy atom. The van der Waals surface area contributed by atoms with E-state index >= 15 is 0 Å². The third-order valence-electron chi connectivity index (χ3n) is 5.12. The topological polar surface area (TPSA) is 102 Å². The molecule has 0 atom stereocenters. The Balaban J connectivity index is 1.32. The molecule has 1 aromatic heterocycles. The van der Waals surface area contributed by atoms with Crippen molar-refractivity contribution in [2.45, 2.75) is 12.8 Å². The van der Waals surface area contributed by atoms with Crippen molar-refractivity contribution in [2.24, 2.45) is 5.92 Å². The SMILES string of the molecule is O=C(NCC1CCN(c2nc3ccccc3o2)CC1)c1cc([N+](=O)[O-])ccc1Cl. The van der Waals surface area contributed by atoms with Crippen LogP contribution in [0.2, 0.25) is 5.02 Å². The molecule has 0 unspecified atom stereocenters. The first-order chi connectivity index (χ1) is 14.0. The third-order valence-corrected chi connectivity index (χ3v) is 5.45. The molecule has 1 amide bonds. The summed E-state index contributed by atoms with van der Waals surface area (Å²) >= 11 is 6.03. The Bertz CT molecular complexity index is 1030. The zero-order valence-corrected chi connectivity index (χ0v) is 16.3. The van der Waals surface area contributed by atoms with E-state index in [1.165, 1.54) is 18.2 Å². The smallest absolute Gasteiger partial charge is 0.298 e. The first kappa shape index (κ1) is 19.2. The van der Waals surface area contributed by atoms with Crippen LogP contribution < -0.4 is 10.2 Å². The molecule has 1 aliphatic heterocycles. The highest BCUT2D eigenvalue weighted by Gasteiger charge is 2.24. The Kier molecular flexibility index (Phi) is 5.35. The van der Waals surface area contributed by atoms with Gasteiger partial charge in [-0.2, -0.15) is 4.98 Å². The molecule has 1 N–H and O–H groups in total. The molecule has 29 heavy (non-hydrogen) atoms. The minimum absolute atomic E-state index is 0.116. The number of para-hydroxylation sites is 2. The number of anilines is 1.